The van der Waals surface area contributed by atoms with Gasteiger partial charge < -0.3 is 13.9 Å². The van der Waals surface area contributed by atoms with Crippen LogP contribution in [0.15, 0.2) is 85.1 Å². The van der Waals surface area contributed by atoms with Gasteiger partial charge in [0.1, 0.15) is 0 Å². The maximum atomic E-state index is 6.36. The lowest BCUT2D eigenvalue weighted by atomic mass is 9.79. The molecule has 0 atom stereocenters. The van der Waals surface area contributed by atoms with Crippen molar-refractivity contribution in [2.75, 3.05) is 0 Å². The summed E-state index contributed by atoms with van der Waals surface area (Å²) in [6, 6.07) is 27.6. The molecule has 150 valence electrons. The van der Waals surface area contributed by atoms with Crippen molar-refractivity contribution in [2.45, 2.75) is 38.9 Å². The molecule has 0 bridgehead atoms. The van der Waals surface area contributed by atoms with Crippen LogP contribution in [0.2, 0.25) is 0 Å². The Hall–Kier alpha value is -2.82. The Morgan fingerprint density at radius 3 is 2.07 bits per heavy atom. The largest absolute Gasteiger partial charge is 0.497 e. The minimum Gasteiger partial charge on any atom is -0.399 e. The molecule has 1 saturated heterocycles. The van der Waals surface area contributed by atoms with E-state index in [4.69, 9.17) is 9.31 Å². The van der Waals surface area contributed by atoms with Crippen LogP contribution in [0.1, 0.15) is 27.7 Å². The lowest BCUT2D eigenvalue weighted by molar-refractivity contribution is 0.00578. The first kappa shape index (κ1) is 19.2. The molecule has 1 fully saturated rings. The van der Waals surface area contributed by atoms with Gasteiger partial charge in [-0.25, -0.2) is 0 Å². The molecule has 0 saturated carbocycles. The van der Waals surface area contributed by atoms with Crippen molar-refractivity contribution in [2.24, 2.45) is 0 Å². The number of aromatic nitrogens is 1. The lowest BCUT2D eigenvalue weighted by Gasteiger charge is -2.32. The van der Waals surface area contributed by atoms with Crippen molar-refractivity contribution < 1.29 is 9.31 Å². The molecule has 4 heteroatoms. The number of fused-ring (bicyclic) bond motifs is 1. The number of nitrogens with zero attached hydrogens (tertiary/aromatic N) is 1. The van der Waals surface area contributed by atoms with E-state index < -0.39 is 7.12 Å². The normalized spacial score (nSPS) is 17.5. The van der Waals surface area contributed by atoms with Gasteiger partial charge in [0.25, 0.3) is 0 Å². The standard InChI is InChI=1S/C26H26BNO2/c1-25(2)26(3,4)30-27(29-25)23-18-28(24-16-9-8-15-22(23)24)21-14-10-13-20(17-21)19-11-6-5-7-12-19/h5-18H,1-4H3. The molecule has 1 aliphatic heterocycles. The molecule has 0 N–H and O–H groups in total. The first-order valence-electron chi connectivity index (χ1n) is 10.5. The van der Waals surface area contributed by atoms with E-state index in [1.54, 1.807) is 0 Å². The van der Waals surface area contributed by atoms with E-state index in [0.717, 1.165) is 22.1 Å². The summed E-state index contributed by atoms with van der Waals surface area (Å²) < 4.78 is 15.0. The first-order valence-corrected chi connectivity index (χ1v) is 10.5. The Balaban J connectivity index is 1.63. The minimum absolute atomic E-state index is 0.367. The fourth-order valence-electron chi connectivity index (χ4n) is 4.04. The van der Waals surface area contributed by atoms with E-state index in [1.165, 1.54) is 11.1 Å². The number of para-hydroxylation sites is 1. The molecule has 3 aromatic carbocycles. The molecule has 1 aromatic heterocycles. The third-order valence-corrected chi connectivity index (χ3v) is 6.48. The zero-order valence-corrected chi connectivity index (χ0v) is 17.9. The highest BCUT2D eigenvalue weighted by Gasteiger charge is 2.52. The van der Waals surface area contributed by atoms with Crippen LogP contribution in [0.4, 0.5) is 0 Å². The first-order chi connectivity index (χ1) is 14.4. The van der Waals surface area contributed by atoms with Gasteiger partial charge in [-0.1, -0.05) is 60.7 Å². The predicted octanol–water partition coefficient (Wildman–Crippen LogP) is 5.60. The van der Waals surface area contributed by atoms with Gasteiger partial charge >= 0.3 is 7.12 Å². The molecule has 3 nitrogen and oxygen atoms in total. The fraction of sp³-hybridized carbons (Fsp3) is 0.231. The molecular formula is C26H26BNO2. The van der Waals surface area contributed by atoms with Crippen molar-refractivity contribution in [1.82, 2.24) is 4.57 Å². The van der Waals surface area contributed by atoms with Crippen molar-refractivity contribution in [3.05, 3.63) is 85.1 Å². The zero-order chi connectivity index (χ0) is 20.9. The molecule has 0 amide bonds. The van der Waals surface area contributed by atoms with E-state index in [0.29, 0.717) is 0 Å². The molecule has 4 aromatic rings. The number of hydrogen-bond acceptors (Lipinski definition) is 2. The second-order valence-electron chi connectivity index (χ2n) is 8.98. The maximum Gasteiger partial charge on any atom is 0.497 e. The van der Waals surface area contributed by atoms with Crippen molar-refractivity contribution in [1.29, 1.82) is 0 Å². The molecule has 2 heterocycles. The van der Waals surface area contributed by atoms with Gasteiger partial charge in [0.2, 0.25) is 0 Å². The van der Waals surface area contributed by atoms with E-state index in [-0.39, 0.29) is 11.2 Å². The van der Waals surface area contributed by atoms with E-state index in [2.05, 4.69) is 111 Å². The summed E-state index contributed by atoms with van der Waals surface area (Å²) in [5.41, 5.74) is 5.00. The molecule has 1 aliphatic rings. The van der Waals surface area contributed by atoms with Gasteiger partial charge in [0.15, 0.2) is 0 Å². The highest BCUT2D eigenvalue weighted by atomic mass is 16.7. The topological polar surface area (TPSA) is 23.4 Å². The van der Waals surface area contributed by atoms with Crippen LogP contribution in [0.25, 0.3) is 27.7 Å². The monoisotopic (exact) mass is 395 g/mol. The van der Waals surface area contributed by atoms with Gasteiger partial charge in [-0.3, -0.25) is 0 Å². The molecule has 0 radical (unpaired) electrons. The Morgan fingerprint density at radius 1 is 0.700 bits per heavy atom. The third kappa shape index (κ3) is 3.08. The van der Waals surface area contributed by atoms with Crippen molar-refractivity contribution in [3.8, 4) is 16.8 Å². The van der Waals surface area contributed by atoms with Crippen LogP contribution in [0.5, 0.6) is 0 Å². The van der Waals surface area contributed by atoms with Crippen LogP contribution in [0, 0.1) is 0 Å². The third-order valence-electron chi connectivity index (χ3n) is 6.48. The maximum absolute atomic E-state index is 6.36. The van der Waals surface area contributed by atoms with Crippen LogP contribution in [-0.2, 0) is 9.31 Å². The highest BCUT2D eigenvalue weighted by Crippen LogP contribution is 2.37. The van der Waals surface area contributed by atoms with Gasteiger partial charge in [0.05, 0.1) is 16.7 Å². The van der Waals surface area contributed by atoms with Gasteiger partial charge in [-0.2, -0.15) is 0 Å². The number of hydrogen-bond donors (Lipinski definition) is 0. The van der Waals surface area contributed by atoms with E-state index in [1.807, 2.05) is 6.07 Å². The second kappa shape index (κ2) is 6.87. The van der Waals surface area contributed by atoms with Crippen molar-refractivity contribution in [3.63, 3.8) is 0 Å². The average molecular weight is 395 g/mol. The molecular weight excluding hydrogens is 369 g/mol. The summed E-state index contributed by atoms with van der Waals surface area (Å²) in [7, 11) is -0.390. The van der Waals surface area contributed by atoms with Gasteiger partial charge in [-0.15, -0.1) is 0 Å². The SMILES string of the molecule is CC1(C)OB(c2cn(-c3cccc(-c4ccccc4)c3)c3ccccc23)OC1(C)C. The Bertz CT molecular complexity index is 1190. The molecule has 0 spiro atoms. The number of rotatable bonds is 3. The molecule has 0 unspecified atom stereocenters. The summed E-state index contributed by atoms with van der Waals surface area (Å²) in [5.74, 6) is 0. The van der Waals surface area contributed by atoms with Gasteiger partial charge in [0, 0.05) is 17.3 Å². The zero-order valence-electron chi connectivity index (χ0n) is 17.9. The second-order valence-corrected chi connectivity index (χ2v) is 8.98. The summed E-state index contributed by atoms with van der Waals surface area (Å²) >= 11 is 0. The Labute approximate surface area is 178 Å². The molecule has 30 heavy (non-hydrogen) atoms. The number of benzene rings is 3. The average Bonchev–Trinajstić information content (AvgIpc) is 3.23. The summed E-state index contributed by atoms with van der Waals surface area (Å²) in [4.78, 5) is 0. The van der Waals surface area contributed by atoms with Crippen LogP contribution < -0.4 is 5.46 Å². The Kier molecular flexibility index (Phi) is 4.39. The lowest BCUT2D eigenvalue weighted by Crippen LogP contribution is -2.41. The smallest absolute Gasteiger partial charge is 0.399 e. The summed E-state index contributed by atoms with van der Waals surface area (Å²) in [6.07, 6.45) is 2.16. The van der Waals surface area contributed by atoms with Crippen LogP contribution >= 0.6 is 0 Å². The quantitative estimate of drug-likeness (QED) is 0.422. The fourth-order valence-corrected chi connectivity index (χ4v) is 4.04. The van der Waals surface area contributed by atoms with Crippen molar-refractivity contribution >= 4 is 23.5 Å². The van der Waals surface area contributed by atoms with Crippen LogP contribution in [0.3, 0.4) is 0 Å². The van der Waals surface area contributed by atoms with Gasteiger partial charge in [-0.05, 0) is 62.4 Å². The molecule has 5 rings (SSSR count). The summed E-state index contributed by atoms with van der Waals surface area (Å²) in [5, 5.41) is 1.15. The Morgan fingerprint density at radius 2 is 1.33 bits per heavy atom. The summed E-state index contributed by atoms with van der Waals surface area (Å²) in [6.45, 7) is 8.37. The minimum atomic E-state index is -0.390. The molecule has 0 aliphatic carbocycles. The van der Waals surface area contributed by atoms with E-state index >= 15 is 0 Å². The highest BCUT2D eigenvalue weighted by molar-refractivity contribution is 6.65. The van der Waals surface area contributed by atoms with Crippen LogP contribution in [-0.4, -0.2) is 22.9 Å². The van der Waals surface area contributed by atoms with E-state index in [9.17, 15) is 0 Å². The predicted molar refractivity (Wildman–Crippen MR) is 124 cm³/mol.